The highest BCUT2D eigenvalue weighted by molar-refractivity contribution is 5.35. The van der Waals surface area contributed by atoms with E-state index in [4.69, 9.17) is 4.74 Å². The Hall–Kier alpha value is -1.07. The normalized spacial score (nSPS) is 28.4. The minimum absolute atomic E-state index is 0.0166. The zero-order valence-corrected chi connectivity index (χ0v) is 10.7. The number of benzene rings is 1. The largest absolute Gasteiger partial charge is 0.416 e. The fourth-order valence-electron chi connectivity index (χ4n) is 2.71. The molecule has 5 heteroatoms. The van der Waals surface area contributed by atoms with E-state index in [1.54, 1.807) is 7.11 Å². The summed E-state index contributed by atoms with van der Waals surface area (Å²) in [5, 5.41) is 10.5. The monoisotopic (exact) mass is 274 g/mol. The number of alkyl halides is 3. The van der Waals surface area contributed by atoms with Crippen molar-refractivity contribution in [3.8, 4) is 0 Å². The van der Waals surface area contributed by atoms with Crippen molar-refractivity contribution < 1.29 is 23.0 Å². The summed E-state index contributed by atoms with van der Waals surface area (Å²) in [7, 11) is 1.58. The van der Waals surface area contributed by atoms with Crippen LogP contribution in [0.5, 0.6) is 0 Å². The molecule has 106 valence electrons. The summed E-state index contributed by atoms with van der Waals surface area (Å²) in [6.07, 6.45) is -2.70. The third-order valence-electron chi connectivity index (χ3n) is 3.83. The van der Waals surface area contributed by atoms with Gasteiger partial charge in [0, 0.05) is 7.11 Å². The van der Waals surface area contributed by atoms with Gasteiger partial charge in [-0.05, 0) is 37.3 Å². The predicted octanol–water partition coefficient (Wildman–Crippen LogP) is 3.48. The molecular formula is C14H17F3O2. The third kappa shape index (κ3) is 2.92. The summed E-state index contributed by atoms with van der Waals surface area (Å²) in [5.41, 5.74) is -2.16. The molecule has 0 amide bonds. The predicted molar refractivity (Wildman–Crippen MR) is 64.6 cm³/mol. The quantitative estimate of drug-likeness (QED) is 0.894. The maximum absolute atomic E-state index is 13.0. The zero-order valence-electron chi connectivity index (χ0n) is 10.7. The Kier molecular flexibility index (Phi) is 3.87. The number of methoxy groups -OCH3 is 1. The number of halogens is 3. The highest BCUT2D eigenvalue weighted by atomic mass is 19.4. The standard InChI is InChI=1S/C14H17F3O2/c1-19-10-6-8-13(18,9-7-10)11-4-2-3-5-12(11)14(15,16)17/h2-5,10,18H,6-9H2,1H3. The molecule has 2 rings (SSSR count). The van der Waals surface area contributed by atoms with E-state index in [1.807, 2.05) is 0 Å². The lowest BCUT2D eigenvalue weighted by molar-refractivity contribution is -0.142. The first-order valence-electron chi connectivity index (χ1n) is 6.29. The van der Waals surface area contributed by atoms with Crippen molar-refractivity contribution in [2.45, 2.75) is 43.6 Å². The fourth-order valence-corrected chi connectivity index (χ4v) is 2.71. The van der Waals surface area contributed by atoms with E-state index in [0.29, 0.717) is 25.7 Å². The van der Waals surface area contributed by atoms with Crippen LogP contribution in [0, 0.1) is 0 Å². The number of aliphatic hydroxyl groups is 1. The molecule has 1 aliphatic rings. The Morgan fingerprint density at radius 1 is 1.21 bits per heavy atom. The van der Waals surface area contributed by atoms with E-state index in [0.717, 1.165) is 6.07 Å². The molecule has 0 spiro atoms. The van der Waals surface area contributed by atoms with Gasteiger partial charge in [0.15, 0.2) is 0 Å². The van der Waals surface area contributed by atoms with E-state index in [1.165, 1.54) is 18.2 Å². The van der Waals surface area contributed by atoms with Crippen molar-refractivity contribution in [3.05, 3.63) is 35.4 Å². The Morgan fingerprint density at radius 2 is 1.79 bits per heavy atom. The van der Waals surface area contributed by atoms with Gasteiger partial charge in [-0.25, -0.2) is 0 Å². The summed E-state index contributed by atoms with van der Waals surface area (Å²) in [6.45, 7) is 0. The van der Waals surface area contributed by atoms with E-state index in [-0.39, 0.29) is 11.7 Å². The maximum Gasteiger partial charge on any atom is 0.416 e. The van der Waals surface area contributed by atoms with Crippen molar-refractivity contribution in [2.24, 2.45) is 0 Å². The number of hydrogen-bond donors (Lipinski definition) is 1. The van der Waals surface area contributed by atoms with E-state index in [2.05, 4.69) is 0 Å². The first kappa shape index (κ1) is 14.3. The van der Waals surface area contributed by atoms with Gasteiger partial charge in [0.1, 0.15) is 0 Å². The molecule has 1 aromatic rings. The molecule has 0 heterocycles. The molecule has 1 aromatic carbocycles. The Bertz CT molecular complexity index is 435. The Balaban J connectivity index is 2.32. The second-order valence-corrected chi connectivity index (χ2v) is 5.01. The smallest absolute Gasteiger partial charge is 0.385 e. The van der Waals surface area contributed by atoms with Crippen LogP contribution in [-0.2, 0) is 16.5 Å². The van der Waals surface area contributed by atoms with Gasteiger partial charge in [0.05, 0.1) is 17.3 Å². The molecule has 0 aliphatic heterocycles. The second kappa shape index (κ2) is 5.13. The summed E-state index contributed by atoms with van der Waals surface area (Å²) in [4.78, 5) is 0. The van der Waals surface area contributed by atoms with Crippen LogP contribution in [0.25, 0.3) is 0 Å². The van der Waals surface area contributed by atoms with Gasteiger partial charge in [-0.15, -0.1) is 0 Å². The molecule has 0 radical (unpaired) electrons. The summed E-state index contributed by atoms with van der Waals surface area (Å²) < 4.78 is 44.1. The van der Waals surface area contributed by atoms with Crippen LogP contribution in [0.2, 0.25) is 0 Å². The molecule has 1 N–H and O–H groups in total. The van der Waals surface area contributed by atoms with Crippen LogP contribution in [-0.4, -0.2) is 18.3 Å². The van der Waals surface area contributed by atoms with E-state index >= 15 is 0 Å². The van der Waals surface area contributed by atoms with Crippen LogP contribution in [0.15, 0.2) is 24.3 Å². The van der Waals surface area contributed by atoms with Gasteiger partial charge in [-0.1, -0.05) is 18.2 Å². The second-order valence-electron chi connectivity index (χ2n) is 5.01. The fraction of sp³-hybridized carbons (Fsp3) is 0.571. The van der Waals surface area contributed by atoms with Crippen molar-refractivity contribution in [1.82, 2.24) is 0 Å². The van der Waals surface area contributed by atoms with Crippen LogP contribution < -0.4 is 0 Å². The average molecular weight is 274 g/mol. The van der Waals surface area contributed by atoms with Crippen molar-refractivity contribution in [3.63, 3.8) is 0 Å². The Morgan fingerprint density at radius 3 is 2.32 bits per heavy atom. The molecule has 0 unspecified atom stereocenters. The minimum Gasteiger partial charge on any atom is -0.385 e. The van der Waals surface area contributed by atoms with Gasteiger partial charge >= 0.3 is 6.18 Å². The van der Waals surface area contributed by atoms with Crippen molar-refractivity contribution in [1.29, 1.82) is 0 Å². The highest BCUT2D eigenvalue weighted by Gasteiger charge is 2.42. The van der Waals surface area contributed by atoms with Crippen LogP contribution in [0.1, 0.15) is 36.8 Å². The van der Waals surface area contributed by atoms with Crippen molar-refractivity contribution >= 4 is 0 Å². The number of ether oxygens (including phenoxy) is 1. The van der Waals surface area contributed by atoms with Gasteiger partial charge in [0.25, 0.3) is 0 Å². The lowest BCUT2D eigenvalue weighted by Gasteiger charge is -2.37. The van der Waals surface area contributed by atoms with Gasteiger partial charge in [0.2, 0.25) is 0 Å². The molecule has 0 saturated heterocycles. The SMILES string of the molecule is COC1CCC(O)(c2ccccc2C(F)(F)F)CC1. The van der Waals surface area contributed by atoms with Gasteiger partial charge in [-0.3, -0.25) is 0 Å². The molecular weight excluding hydrogens is 257 g/mol. The maximum atomic E-state index is 13.0. The molecule has 1 fully saturated rings. The van der Waals surface area contributed by atoms with Gasteiger partial charge in [-0.2, -0.15) is 13.2 Å². The van der Waals surface area contributed by atoms with Gasteiger partial charge < -0.3 is 9.84 Å². The van der Waals surface area contributed by atoms with Crippen LogP contribution in [0.4, 0.5) is 13.2 Å². The molecule has 0 aromatic heterocycles. The Labute approximate surface area is 110 Å². The topological polar surface area (TPSA) is 29.5 Å². The summed E-state index contributed by atoms with van der Waals surface area (Å²) in [5.74, 6) is 0. The molecule has 1 saturated carbocycles. The lowest BCUT2D eigenvalue weighted by atomic mass is 9.77. The first-order chi connectivity index (χ1) is 8.87. The van der Waals surface area contributed by atoms with Crippen LogP contribution >= 0.6 is 0 Å². The highest BCUT2D eigenvalue weighted by Crippen LogP contribution is 2.43. The van der Waals surface area contributed by atoms with Crippen molar-refractivity contribution in [2.75, 3.05) is 7.11 Å². The molecule has 1 aliphatic carbocycles. The lowest BCUT2D eigenvalue weighted by Crippen LogP contribution is -2.35. The minimum atomic E-state index is -4.44. The first-order valence-corrected chi connectivity index (χ1v) is 6.29. The molecule has 19 heavy (non-hydrogen) atoms. The van der Waals surface area contributed by atoms with E-state index in [9.17, 15) is 18.3 Å². The molecule has 2 nitrogen and oxygen atoms in total. The van der Waals surface area contributed by atoms with Crippen LogP contribution in [0.3, 0.4) is 0 Å². The summed E-state index contributed by atoms with van der Waals surface area (Å²) in [6, 6.07) is 5.27. The summed E-state index contributed by atoms with van der Waals surface area (Å²) >= 11 is 0. The number of rotatable bonds is 2. The number of hydrogen-bond acceptors (Lipinski definition) is 2. The third-order valence-corrected chi connectivity index (χ3v) is 3.83. The van der Waals surface area contributed by atoms with E-state index < -0.39 is 17.3 Å². The zero-order chi connectivity index (χ0) is 14.1. The molecule has 0 atom stereocenters. The molecule has 0 bridgehead atoms. The average Bonchev–Trinajstić information content (AvgIpc) is 2.39.